The molecule has 0 aliphatic heterocycles. The highest BCUT2D eigenvalue weighted by atomic mass is 16.4. The van der Waals surface area contributed by atoms with Gasteiger partial charge in [0.25, 0.3) is 0 Å². The molecule has 4 heteroatoms. The number of carboxylic acid groups (broad SMARTS) is 1. The Morgan fingerprint density at radius 2 is 1.57 bits per heavy atom. The van der Waals surface area contributed by atoms with E-state index in [1.165, 1.54) is 0 Å². The Morgan fingerprint density at radius 3 is 2.09 bits per heavy atom. The monoisotopic (exact) mass is 311 g/mol. The molecule has 1 amide bonds. The first-order valence-electron chi connectivity index (χ1n) is 7.57. The zero-order chi connectivity index (χ0) is 16.9. The number of rotatable bonds is 6. The lowest BCUT2D eigenvalue weighted by molar-refractivity contribution is -0.143. The van der Waals surface area contributed by atoms with Gasteiger partial charge in [-0.05, 0) is 25.0 Å². The molecule has 0 saturated heterocycles. The molecule has 120 valence electrons. The summed E-state index contributed by atoms with van der Waals surface area (Å²) in [6, 6.07) is 18.4. The van der Waals surface area contributed by atoms with Crippen molar-refractivity contribution in [3.05, 3.63) is 71.8 Å². The van der Waals surface area contributed by atoms with Crippen LogP contribution in [0.5, 0.6) is 0 Å². The van der Waals surface area contributed by atoms with Crippen LogP contribution in [0, 0.1) is 0 Å². The van der Waals surface area contributed by atoms with Crippen molar-refractivity contribution >= 4 is 11.9 Å². The summed E-state index contributed by atoms with van der Waals surface area (Å²) >= 11 is 0. The van der Waals surface area contributed by atoms with Crippen LogP contribution in [0.3, 0.4) is 0 Å². The molecule has 0 saturated carbocycles. The van der Waals surface area contributed by atoms with E-state index < -0.39 is 11.4 Å². The lowest BCUT2D eigenvalue weighted by Gasteiger charge is -2.26. The van der Waals surface area contributed by atoms with Crippen molar-refractivity contribution in [3.63, 3.8) is 0 Å². The summed E-state index contributed by atoms with van der Waals surface area (Å²) in [6.45, 7) is 3.48. The van der Waals surface area contributed by atoms with Gasteiger partial charge >= 0.3 is 5.97 Å². The molecule has 2 aromatic rings. The van der Waals surface area contributed by atoms with E-state index in [4.69, 9.17) is 0 Å². The molecule has 2 aromatic carbocycles. The number of nitrogens with one attached hydrogen (secondary N) is 1. The van der Waals surface area contributed by atoms with Crippen molar-refractivity contribution in [3.8, 4) is 0 Å². The maximum absolute atomic E-state index is 12.3. The highest BCUT2D eigenvalue weighted by Gasteiger charge is 2.35. The third-order valence-electron chi connectivity index (χ3n) is 4.19. The van der Waals surface area contributed by atoms with Gasteiger partial charge in [0.1, 0.15) is 5.41 Å². The molecular formula is C19H21NO3. The molecule has 0 fully saturated rings. The predicted molar refractivity (Wildman–Crippen MR) is 89.3 cm³/mol. The van der Waals surface area contributed by atoms with Crippen LogP contribution < -0.4 is 5.32 Å². The molecule has 23 heavy (non-hydrogen) atoms. The summed E-state index contributed by atoms with van der Waals surface area (Å²) in [5, 5.41) is 12.4. The van der Waals surface area contributed by atoms with Gasteiger partial charge in [0.2, 0.25) is 5.91 Å². The number of carbonyl (C=O) groups excluding carboxylic acids is 1. The standard InChI is InChI=1S/C19H21NO3/c1-14(15-9-5-3-6-10-15)17(21)20-13-19(2,18(22)23)16-11-7-4-8-12-16/h3-12,14H,13H2,1-2H3,(H,20,21)(H,22,23). The SMILES string of the molecule is CC(C(=O)NCC(C)(C(=O)O)c1ccccc1)c1ccccc1. The van der Waals surface area contributed by atoms with Gasteiger partial charge in [-0.25, -0.2) is 0 Å². The second kappa shape index (κ2) is 7.09. The van der Waals surface area contributed by atoms with Crippen LogP contribution in [0.15, 0.2) is 60.7 Å². The predicted octanol–water partition coefficient (Wildman–Crippen LogP) is 2.95. The van der Waals surface area contributed by atoms with E-state index in [2.05, 4.69) is 5.32 Å². The van der Waals surface area contributed by atoms with Crippen molar-refractivity contribution in [2.75, 3.05) is 6.54 Å². The largest absolute Gasteiger partial charge is 0.481 e. The van der Waals surface area contributed by atoms with Gasteiger partial charge in [0.05, 0.1) is 5.92 Å². The van der Waals surface area contributed by atoms with E-state index in [0.29, 0.717) is 5.56 Å². The molecular weight excluding hydrogens is 290 g/mol. The smallest absolute Gasteiger partial charge is 0.315 e. The summed E-state index contributed by atoms with van der Waals surface area (Å²) < 4.78 is 0. The second-order valence-electron chi connectivity index (χ2n) is 5.85. The normalized spacial score (nSPS) is 14.5. The Balaban J connectivity index is 2.11. The molecule has 4 nitrogen and oxygen atoms in total. The van der Waals surface area contributed by atoms with Gasteiger partial charge in [-0.3, -0.25) is 9.59 Å². The first kappa shape index (κ1) is 16.7. The van der Waals surface area contributed by atoms with Crippen LogP contribution >= 0.6 is 0 Å². The number of carboxylic acids is 1. The molecule has 2 N–H and O–H groups in total. The van der Waals surface area contributed by atoms with Crippen LogP contribution in [-0.2, 0) is 15.0 Å². The van der Waals surface area contributed by atoms with Gasteiger partial charge in [0, 0.05) is 6.54 Å². The van der Waals surface area contributed by atoms with E-state index in [-0.39, 0.29) is 18.4 Å². The Morgan fingerprint density at radius 1 is 1.04 bits per heavy atom. The maximum atomic E-state index is 12.3. The molecule has 2 unspecified atom stereocenters. The molecule has 0 aliphatic carbocycles. The van der Waals surface area contributed by atoms with Crippen LogP contribution in [0.25, 0.3) is 0 Å². The molecule has 2 atom stereocenters. The topological polar surface area (TPSA) is 66.4 Å². The zero-order valence-corrected chi connectivity index (χ0v) is 13.3. The molecule has 0 aromatic heterocycles. The number of aliphatic carboxylic acids is 1. The van der Waals surface area contributed by atoms with Crippen molar-refractivity contribution in [1.82, 2.24) is 5.32 Å². The van der Waals surface area contributed by atoms with Crippen LogP contribution in [0.1, 0.15) is 30.9 Å². The number of carbonyl (C=O) groups is 2. The van der Waals surface area contributed by atoms with Crippen molar-refractivity contribution in [2.24, 2.45) is 0 Å². The average molecular weight is 311 g/mol. The minimum atomic E-state index is -1.16. The van der Waals surface area contributed by atoms with E-state index in [1.807, 2.05) is 43.3 Å². The number of hydrogen-bond donors (Lipinski definition) is 2. The first-order valence-corrected chi connectivity index (χ1v) is 7.57. The first-order chi connectivity index (χ1) is 10.9. The molecule has 0 heterocycles. The molecule has 0 bridgehead atoms. The molecule has 0 radical (unpaired) electrons. The highest BCUT2D eigenvalue weighted by molar-refractivity contribution is 5.86. The third kappa shape index (κ3) is 3.77. The summed E-state index contributed by atoms with van der Waals surface area (Å²) in [5.41, 5.74) is 0.412. The second-order valence-corrected chi connectivity index (χ2v) is 5.85. The fourth-order valence-electron chi connectivity index (χ4n) is 2.42. The third-order valence-corrected chi connectivity index (χ3v) is 4.19. The maximum Gasteiger partial charge on any atom is 0.315 e. The van der Waals surface area contributed by atoms with Gasteiger partial charge in [0.15, 0.2) is 0 Å². The number of hydrogen-bond acceptors (Lipinski definition) is 2. The lowest BCUT2D eigenvalue weighted by Crippen LogP contribution is -2.45. The fourth-order valence-corrected chi connectivity index (χ4v) is 2.42. The Kier molecular flexibility index (Phi) is 5.16. The van der Waals surface area contributed by atoms with E-state index in [0.717, 1.165) is 5.56 Å². The summed E-state index contributed by atoms with van der Waals surface area (Å²) in [7, 11) is 0. The van der Waals surface area contributed by atoms with Gasteiger partial charge in [-0.2, -0.15) is 0 Å². The van der Waals surface area contributed by atoms with Crippen molar-refractivity contribution in [2.45, 2.75) is 25.2 Å². The van der Waals surface area contributed by atoms with Gasteiger partial charge in [-0.15, -0.1) is 0 Å². The summed E-state index contributed by atoms with van der Waals surface area (Å²) in [6.07, 6.45) is 0. The minimum absolute atomic E-state index is 0.0440. The number of benzene rings is 2. The average Bonchev–Trinajstić information content (AvgIpc) is 2.60. The van der Waals surface area contributed by atoms with Crippen molar-refractivity contribution < 1.29 is 14.7 Å². The quantitative estimate of drug-likeness (QED) is 0.862. The highest BCUT2D eigenvalue weighted by Crippen LogP contribution is 2.24. The van der Waals surface area contributed by atoms with Crippen LogP contribution in [0.2, 0.25) is 0 Å². The molecule has 2 rings (SSSR count). The fraction of sp³-hybridized carbons (Fsp3) is 0.263. The van der Waals surface area contributed by atoms with Crippen LogP contribution in [-0.4, -0.2) is 23.5 Å². The van der Waals surface area contributed by atoms with Crippen LogP contribution in [0.4, 0.5) is 0 Å². The van der Waals surface area contributed by atoms with E-state index in [9.17, 15) is 14.7 Å². The zero-order valence-electron chi connectivity index (χ0n) is 13.3. The summed E-state index contributed by atoms with van der Waals surface area (Å²) in [5.74, 6) is -1.47. The van der Waals surface area contributed by atoms with E-state index >= 15 is 0 Å². The molecule has 0 spiro atoms. The van der Waals surface area contributed by atoms with Gasteiger partial charge in [-0.1, -0.05) is 60.7 Å². The minimum Gasteiger partial charge on any atom is -0.481 e. The Hall–Kier alpha value is -2.62. The Bertz CT molecular complexity index is 670. The molecule has 0 aliphatic rings. The van der Waals surface area contributed by atoms with Crippen molar-refractivity contribution in [1.29, 1.82) is 0 Å². The van der Waals surface area contributed by atoms with E-state index in [1.54, 1.807) is 31.2 Å². The van der Waals surface area contributed by atoms with Gasteiger partial charge < -0.3 is 10.4 Å². The number of amides is 1. The summed E-state index contributed by atoms with van der Waals surface area (Å²) in [4.78, 5) is 24.1. The Labute approximate surface area is 136 Å². The lowest BCUT2D eigenvalue weighted by atomic mass is 9.82.